The molecule has 33 heavy (non-hydrogen) atoms. The number of carbonyl (C=O) groups excluding carboxylic acids is 3. The number of amides is 2. The number of likely N-dealkylation sites (N-methyl/N-ethyl adjacent to an activating group) is 1. The van der Waals surface area contributed by atoms with Crippen LogP contribution >= 0.6 is 0 Å². The number of fused-ring (bicyclic) bond motifs is 1. The molecule has 180 valence electrons. The molecule has 8 nitrogen and oxygen atoms in total. The minimum absolute atomic E-state index is 0.0226. The third-order valence-electron chi connectivity index (χ3n) is 6.82. The Labute approximate surface area is 191 Å². The molecule has 1 saturated heterocycles. The number of hydrogen-bond acceptors (Lipinski definition) is 5. The lowest BCUT2D eigenvalue weighted by molar-refractivity contribution is -0.128. The number of alkyl halides is 2. The van der Waals surface area contributed by atoms with Crippen LogP contribution in [0.25, 0.3) is 0 Å². The highest BCUT2D eigenvalue weighted by Gasteiger charge is 2.51. The van der Waals surface area contributed by atoms with Crippen molar-refractivity contribution >= 4 is 23.9 Å². The summed E-state index contributed by atoms with van der Waals surface area (Å²) in [6.07, 6.45) is 0.962. The van der Waals surface area contributed by atoms with E-state index in [1.807, 2.05) is 11.6 Å². The van der Waals surface area contributed by atoms with E-state index in [0.717, 1.165) is 32.0 Å². The van der Waals surface area contributed by atoms with Crippen LogP contribution in [0.2, 0.25) is 0 Å². The van der Waals surface area contributed by atoms with E-state index in [1.54, 1.807) is 4.90 Å². The van der Waals surface area contributed by atoms with E-state index in [2.05, 4.69) is 17.0 Å². The quantitative estimate of drug-likeness (QED) is 0.448. The average molecular weight is 465 g/mol. The van der Waals surface area contributed by atoms with Crippen LogP contribution in [0.1, 0.15) is 73.5 Å². The van der Waals surface area contributed by atoms with Crippen molar-refractivity contribution in [3.05, 3.63) is 23.4 Å². The van der Waals surface area contributed by atoms with E-state index in [1.165, 1.54) is 0 Å². The van der Waals surface area contributed by atoms with E-state index >= 15 is 0 Å². The van der Waals surface area contributed by atoms with Crippen LogP contribution in [0.4, 0.5) is 14.6 Å². The second-order valence-electron chi connectivity index (χ2n) is 8.98. The molecule has 4 rings (SSSR count). The van der Waals surface area contributed by atoms with Gasteiger partial charge in [0, 0.05) is 37.7 Å². The van der Waals surface area contributed by atoms with Gasteiger partial charge in [0.15, 0.2) is 6.29 Å². The predicted octanol–water partition coefficient (Wildman–Crippen LogP) is 2.99. The number of hydrogen-bond donors (Lipinski definition) is 1. The highest BCUT2D eigenvalue weighted by Crippen LogP contribution is 2.51. The van der Waals surface area contributed by atoms with E-state index < -0.39 is 18.4 Å². The van der Waals surface area contributed by atoms with Crippen LogP contribution in [-0.2, 0) is 14.3 Å². The number of nitrogens with one attached hydrogen (secondary N) is 1. The molecule has 2 atom stereocenters. The fraction of sp³-hybridized carbons (Fsp3) is 0.652. The molecule has 3 heterocycles. The summed E-state index contributed by atoms with van der Waals surface area (Å²) < 4.78 is 32.7. The normalized spacial score (nSPS) is 23.5. The maximum Gasteiger partial charge on any atom is 0.259 e. The Kier molecular flexibility index (Phi) is 6.92. The first-order valence-electron chi connectivity index (χ1n) is 11.6. The lowest BCUT2D eigenvalue weighted by atomic mass is 9.82. The van der Waals surface area contributed by atoms with E-state index in [0.29, 0.717) is 36.8 Å². The Morgan fingerprint density at radius 2 is 1.97 bits per heavy atom. The van der Waals surface area contributed by atoms with E-state index in [-0.39, 0.29) is 42.2 Å². The summed E-state index contributed by atoms with van der Waals surface area (Å²) in [5.41, 5.74) is 0.699. The van der Waals surface area contributed by atoms with Crippen molar-refractivity contribution in [2.45, 2.75) is 69.9 Å². The van der Waals surface area contributed by atoms with Crippen molar-refractivity contribution in [2.75, 3.05) is 24.7 Å². The summed E-state index contributed by atoms with van der Waals surface area (Å²) in [6, 6.07) is -0.835. The molecule has 10 heteroatoms. The van der Waals surface area contributed by atoms with Crippen LogP contribution in [0.15, 0.2) is 12.2 Å². The summed E-state index contributed by atoms with van der Waals surface area (Å²) in [7, 11) is 0. The Morgan fingerprint density at radius 1 is 1.27 bits per heavy atom. The van der Waals surface area contributed by atoms with Gasteiger partial charge < -0.3 is 10.1 Å². The number of rotatable bonds is 9. The molecule has 2 amide bonds. The third kappa shape index (κ3) is 4.58. The fourth-order valence-corrected chi connectivity index (χ4v) is 4.96. The van der Waals surface area contributed by atoms with Crippen LogP contribution in [0.3, 0.4) is 0 Å². The van der Waals surface area contributed by atoms with Crippen molar-refractivity contribution in [2.24, 2.45) is 5.92 Å². The molecular weight excluding hydrogens is 434 g/mol. The Hall–Kier alpha value is -2.62. The highest BCUT2D eigenvalue weighted by atomic mass is 19.3. The predicted molar refractivity (Wildman–Crippen MR) is 117 cm³/mol. The zero-order valence-corrected chi connectivity index (χ0v) is 18.8. The number of aromatic nitrogens is 2. The molecule has 0 bridgehead atoms. The van der Waals surface area contributed by atoms with Crippen LogP contribution in [-0.4, -0.2) is 60.1 Å². The number of anilines is 1. The largest absolute Gasteiger partial charge is 0.381 e. The molecule has 3 aliphatic rings. The molecule has 2 aliphatic heterocycles. The number of allylic oxidation sites excluding steroid dienone is 1. The molecule has 2 unspecified atom stereocenters. The SMILES string of the molecule is C=C(CCC(=O)NC1C(=O)N(CC)c2c(c(C=O)nn2C2CCOCC2)C1C1CC1)C(F)F. The summed E-state index contributed by atoms with van der Waals surface area (Å²) in [6.45, 7) is 6.67. The van der Waals surface area contributed by atoms with Crippen LogP contribution < -0.4 is 10.2 Å². The molecule has 0 aromatic carbocycles. The van der Waals surface area contributed by atoms with Gasteiger partial charge in [-0.15, -0.1) is 0 Å². The minimum Gasteiger partial charge on any atom is -0.381 e. The standard InChI is InChI=1S/C23H30F2N4O4/c1-3-28-22-19(16(12-30)27-29(22)15-8-10-33-11-9-15)18(14-5-6-14)20(23(28)32)26-17(31)7-4-13(2)21(24)25/h12,14-15,18,20-21H,2-11H2,1H3,(H,26,31). The van der Waals surface area contributed by atoms with E-state index in [4.69, 9.17) is 4.74 Å². The van der Waals surface area contributed by atoms with Crippen LogP contribution in [0.5, 0.6) is 0 Å². The molecule has 1 aliphatic carbocycles. The first kappa shape index (κ1) is 23.5. The topological polar surface area (TPSA) is 93.5 Å². The van der Waals surface area contributed by atoms with Crippen molar-refractivity contribution in [3.8, 4) is 0 Å². The van der Waals surface area contributed by atoms with Gasteiger partial charge in [0.05, 0.1) is 6.04 Å². The summed E-state index contributed by atoms with van der Waals surface area (Å²) >= 11 is 0. The van der Waals surface area contributed by atoms with Gasteiger partial charge in [-0.05, 0) is 50.5 Å². The van der Waals surface area contributed by atoms with Gasteiger partial charge in [0.2, 0.25) is 5.91 Å². The van der Waals surface area contributed by atoms with Crippen molar-refractivity contribution in [1.29, 1.82) is 0 Å². The van der Waals surface area contributed by atoms with Crippen LogP contribution in [0, 0.1) is 5.92 Å². The van der Waals surface area contributed by atoms with Gasteiger partial charge in [-0.3, -0.25) is 19.3 Å². The van der Waals surface area contributed by atoms with Crippen molar-refractivity contribution in [3.63, 3.8) is 0 Å². The summed E-state index contributed by atoms with van der Waals surface area (Å²) in [5.74, 6) is -0.311. The molecule has 0 spiro atoms. The van der Waals surface area contributed by atoms with Gasteiger partial charge in [0.25, 0.3) is 12.3 Å². The highest BCUT2D eigenvalue weighted by molar-refractivity contribution is 6.03. The van der Waals surface area contributed by atoms with E-state index in [9.17, 15) is 23.2 Å². The molecule has 1 saturated carbocycles. The fourth-order valence-electron chi connectivity index (χ4n) is 4.96. The Morgan fingerprint density at radius 3 is 2.55 bits per heavy atom. The molecule has 1 aromatic rings. The number of ether oxygens (including phenoxy) is 1. The number of carbonyl (C=O) groups is 3. The zero-order valence-electron chi connectivity index (χ0n) is 18.8. The maximum atomic E-state index is 13.6. The smallest absolute Gasteiger partial charge is 0.259 e. The Bertz CT molecular complexity index is 937. The summed E-state index contributed by atoms with van der Waals surface area (Å²) in [5, 5.41) is 7.40. The average Bonchev–Trinajstić information content (AvgIpc) is 3.58. The second-order valence-corrected chi connectivity index (χ2v) is 8.98. The molecule has 1 N–H and O–H groups in total. The second kappa shape index (κ2) is 9.70. The summed E-state index contributed by atoms with van der Waals surface area (Å²) in [4.78, 5) is 39.8. The third-order valence-corrected chi connectivity index (χ3v) is 6.82. The van der Waals surface area contributed by atoms with Gasteiger partial charge >= 0.3 is 0 Å². The molecule has 1 aromatic heterocycles. The molecular formula is C23H30F2N4O4. The van der Waals surface area contributed by atoms with Crippen molar-refractivity contribution < 1.29 is 27.9 Å². The number of aldehydes is 1. The lowest BCUT2D eigenvalue weighted by Crippen LogP contribution is -2.56. The monoisotopic (exact) mass is 464 g/mol. The Balaban J connectivity index is 1.68. The maximum absolute atomic E-state index is 13.6. The number of halogens is 2. The molecule has 2 fully saturated rings. The van der Waals surface area contributed by atoms with Gasteiger partial charge in [0.1, 0.15) is 17.6 Å². The lowest BCUT2D eigenvalue weighted by Gasteiger charge is -2.39. The van der Waals surface area contributed by atoms with Gasteiger partial charge in [-0.25, -0.2) is 13.5 Å². The first-order chi connectivity index (χ1) is 15.9. The minimum atomic E-state index is -2.68. The van der Waals surface area contributed by atoms with Gasteiger partial charge in [-0.1, -0.05) is 6.58 Å². The number of nitrogens with zero attached hydrogens (tertiary/aromatic N) is 3. The van der Waals surface area contributed by atoms with Gasteiger partial charge in [-0.2, -0.15) is 5.10 Å². The molecule has 0 radical (unpaired) electrons. The first-order valence-corrected chi connectivity index (χ1v) is 11.6. The van der Waals surface area contributed by atoms with Crippen molar-refractivity contribution in [1.82, 2.24) is 15.1 Å². The zero-order chi connectivity index (χ0) is 23.7.